The van der Waals surface area contributed by atoms with Crippen LogP contribution >= 0.6 is 0 Å². The van der Waals surface area contributed by atoms with E-state index in [2.05, 4.69) is 55.3 Å². The van der Waals surface area contributed by atoms with Gasteiger partial charge >= 0.3 is 0 Å². The molecule has 0 saturated heterocycles. The molecule has 2 heteroatoms. The minimum atomic E-state index is 0.579. The van der Waals surface area contributed by atoms with Gasteiger partial charge in [0.1, 0.15) is 0 Å². The molecule has 0 fully saturated rings. The number of nitrogens with one attached hydrogen (secondary N) is 1. The van der Waals surface area contributed by atoms with Gasteiger partial charge in [0.25, 0.3) is 0 Å². The average Bonchev–Trinajstić information content (AvgIpc) is 2.42. The quantitative estimate of drug-likeness (QED) is 0.840. The first kappa shape index (κ1) is 14.0. The fraction of sp³-hybridized carbons (Fsp3) is 0.471. The summed E-state index contributed by atoms with van der Waals surface area (Å²) in [5.74, 6) is 0.789. The Kier molecular flexibility index (Phi) is 4.92. The summed E-state index contributed by atoms with van der Waals surface area (Å²) >= 11 is 0. The summed E-state index contributed by atoms with van der Waals surface area (Å²) in [5, 5.41) is 6.08. The molecule has 2 rings (SSSR count). The van der Waals surface area contributed by atoms with E-state index in [1.54, 1.807) is 0 Å². The van der Waals surface area contributed by atoms with Crippen molar-refractivity contribution in [3.05, 3.63) is 42.2 Å². The summed E-state index contributed by atoms with van der Waals surface area (Å²) < 4.78 is 0. The molecule has 0 aliphatic carbocycles. The molecule has 0 aliphatic heterocycles. The molecule has 0 radical (unpaired) electrons. The van der Waals surface area contributed by atoms with Gasteiger partial charge in [0.15, 0.2) is 0 Å². The van der Waals surface area contributed by atoms with Crippen LogP contribution in [0.1, 0.15) is 39.2 Å². The normalized spacial score (nSPS) is 13.1. The molecule has 1 aromatic carbocycles. The lowest BCUT2D eigenvalue weighted by molar-refractivity contribution is 0.451. The Morgan fingerprint density at radius 3 is 2.68 bits per heavy atom. The summed E-state index contributed by atoms with van der Waals surface area (Å²) in [6.07, 6.45) is 6.30. The number of fused-ring (bicyclic) bond motifs is 1. The summed E-state index contributed by atoms with van der Waals surface area (Å²) in [4.78, 5) is 4.14. The van der Waals surface area contributed by atoms with Gasteiger partial charge in [-0.05, 0) is 48.8 Å². The maximum Gasteiger partial charge on any atom is 0.0346 e. The van der Waals surface area contributed by atoms with Crippen LogP contribution in [0.2, 0.25) is 0 Å². The molecule has 0 spiro atoms. The Bertz CT molecular complexity index is 519. The highest BCUT2D eigenvalue weighted by Gasteiger charge is 2.03. The first-order chi connectivity index (χ1) is 9.15. The van der Waals surface area contributed by atoms with Crippen LogP contribution in [0.5, 0.6) is 0 Å². The minimum Gasteiger partial charge on any atom is -0.310 e. The third-order valence-electron chi connectivity index (χ3n) is 3.54. The van der Waals surface area contributed by atoms with Gasteiger partial charge < -0.3 is 5.32 Å². The van der Waals surface area contributed by atoms with Crippen LogP contribution in [-0.4, -0.2) is 11.0 Å². The van der Waals surface area contributed by atoms with E-state index in [-0.39, 0.29) is 0 Å². The maximum atomic E-state index is 4.14. The number of benzene rings is 1. The predicted octanol–water partition coefficient (Wildman–Crippen LogP) is 4.15. The molecule has 1 N–H and O–H groups in total. The van der Waals surface area contributed by atoms with E-state index < -0.39 is 0 Å². The lowest BCUT2D eigenvalue weighted by atomic mass is 10.0. The van der Waals surface area contributed by atoms with Crippen LogP contribution in [0.4, 0.5) is 0 Å². The summed E-state index contributed by atoms with van der Waals surface area (Å²) in [6.45, 7) is 7.78. The largest absolute Gasteiger partial charge is 0.310 e. The molecular weight excluding hydrogens is 232 g/mol. The number of hydrogen-bond donors (Lipinski definition) is 1. The number of nitrogens with zero attached hydrogens (tertiary/aromatic N) is 1. The third-order valence-corrected chi connectivity index (χ3v) is 3.54. The number of hydrogen-bond acceptors (Lipinski definition) is 2. The number of rotatable bonds is 6. The molecule has 2 nitrogen and oxygen atoms in total. The summed E-state index contributed by atoms with van der Waals surface area (Å²) in [6, 6.07) is 9.24. The first-order valence-electron chi connectivity index (χ1n) is 7.21. The van der Waals surface area contributed by atoms with Crippen molar-refractivity contribution in [2.45, 2.75) is 46.2 Å². The van der Waals surface area contributed by atoms with Gasteiger partial charge in [0.2, 0.25) is 0 Å². The average molecular weight is 256 g/mol. The highest BCUT2D eigenvalue weighted by atomic mass is 14.9. The van der Waals surface area contributed by atoms with E-state index in [4.69, 9.17) is 0 Å². The number of aromatic nitrogens is 1. The lowest BCUT2D eigenvalue weighted by Crippen LogP contribution is -2.25. The van der Waals surface area contributed by atoms with Gasteiger partial charge in [-0.15, -0.1) is 0 Å². The molecular formula is C17H24N2. The van der Waals surface area contributed by atoms with Crippen LogP contribution in [-0.2, 0) is 6.54 Å². The van der Waals surface area contributed by atoms with Crippen molar-refractivity contribution in [2.75, 3.05) is 0 Å². The third kappa shape index (κ3) is 4.32. The molecule has 1 unspecified atom stereocenters. The smallest absolute Gasteiger partial charge is 0.0346 e. The highest BCUT2D eigenvalue weighted by molar-refractivity contribution is 5.81. The van der Waals surface area contributed by atoms with Gasteiger partial charge in [-0.3, -0.25) is 4.98 Å². The molecule has 19 heavy (non-hydrogen) atoms. The van der Waals surface area contributed by atoms with E-state index >= 15 is 0 Å². The maximum absolute atomic E-state index is 4.14. The Morgan fingerprint density at radius 2 is 1.89 bits per heavy atom. The van der Waals surface area contributed by atoms with Crippen LogP contribution in [0.3, 0.4) is 0 Å². The number of pyridine rings is 1. The SMILES string of the molecule is CC(C)CCC(C)NCc1ccc2cnccc2c1. The van der Waals surface area contributed by atoms with Crippen molar-refractivity contribution < 1.29 is 0 Å². The molecule has 2 aromatic rings. The zero-order valence-electron chi connectivity index (χ0n) is 12.2. The first-order valence-corrected chi connectivity index (χ1v) is 7.21. The van der Waals surface area contributed by atoms with Gasteiger partial charge in [-0.1, -0.05) is 26.0 Å². The second-order valence-electron chi connectivity index (χ2n) is 5.81. The van der Waals surface area contributed by atoms with Crippen molar-refractivity contribution in [1.29, 1.82) is 0 Å². The van der Waals surface area contributed by atoms with Crippen LogP contribution in [0.15, 0.2) is 36.7 Å². The summed E-state index contributed by atoms with van der Waals surface area (Å²) in [7, 11) is 0. The van der Waals surface area contributed by atoms with Gasteiger partial charge in [-0.25, -0.2) is 0 Å². The van der Waals surface area contributed by atoms with E-state index in [1.165, 1.54) is 29.2 Å². The standard InChI is InChI=1S/C17H24N2/c1-13(2)4-5-14(3)19-11-15-6-7-17-12-18-9-8-16(17)10-15/h6-10,12-14,19H,4-5,11H2,1-3H3. The van der Waals surface area contributed by atoms with Gasteiger partial charge in [0, 0.05) is 30.4 Å². The zero-order chi connectivity index (χ0) is 13.7. The van der Waals surface area contributed by atoms with Crippen molar-refractivity contribution in [1.82, 2.24) is 10.3 Å². The molecule has 0 bridgehead atoms. The second kappa shape index (κ2) is 6.67. The van der Waals surface area contributed by atoms with Gasteiger partial charge in [-0.2, -0.15) is 0 Å². The fourth-order valence-electron chi connectivity index (χ4n) is 2.22. The van der Waals surface area contributed by atoms with Crippen molar-refractivity contribution in [3.63, 3.8) is 0 Å². The van der Waals surface area contributed by atoms with E-state index in [9.17, 15) is 0 Å². The molecule has 1 aromatic heterocycles. The molecule has 102 valence electrons. The predicted molar refractivity (Wildman–Crippen MR) is 82.1 cm³/mol. The molecule has 0 amide bonds. The van der Waals surface area contributed by atoms with E-state index in [0.29, 0.717) is 6.04 Å². The summed E-state index contributed by atoms with van der Waals surface area (Å²) in [5.41, 5.74) is 1.34. The van der Waals surface area contributed by atoms with E-state index in [1.807, 2.05) is 12.4 Å². The molecule has 1 heterocycles. The van der Waals surface area contributed by atoms with E-state index in [0.717, 1.165) is 12.5 Å². The minimum absolute atomic E-state index is 0.579. The van der Waals surface area contributed by atoms with Crippen LogP contribution in [0, 0.1) is 5.92 Å². The Hall–Kier alpha value is -1.41. The molecule has 1 atom stereocenters. The second-order valence-corrected chi connectivity index (χ2v) is 5.81. The Balaban J connectivity index is 1.90. The fourth-order valence-corrected chi connectivity index (χ4v) is 2.22. The molecule has 0 saturated carbocycles. The van der Waals surface area contributed by atoms with Crippen molar-refractivity contribution >= 4 is 10.8 Å². The van der Waals surface area contributed by atoms with Crippen molar-refractivity contribution in [2.24, 2.45) is 5.92 Å². The topological polar surface area (TPSA) is 24.9 Å². The highest BCUT2D eigenvalue weighted by Crippen LogP contribution is 2.14. The Labute approximate surface area is 116 Å². The van der Waals surface area contributed by atoms with Crippen molar-refractivity contribution in [3.8, 4) is 0 Å². The van der Waals surface area contributed by atoms with Crippen LogP contribution < -0.4 is 5.32 Å². The van der Waals surface area contributed by atoms with Gasteiger partial charge in [0.05, 0.1) is 0 Å². The Morgan fingerprint density at radius 1 is 1.05 bits per heavy atom. The lowest BCUT2D eigenvalue weighted by Gasteiger charge is -2.15. The monoisotopic (exact) mass is 256 g/mol. The zero-order valence-corrected chi connectivity index (χ0v) is 12.2. The van der Waals surface area contributed by atoms with Crippen LogP contribution in [0.25, 0.3) is 10.8 Å². The molecule has 0 aliphatic rings.